The minimum atomic E-state index is -0.510. The molecule has 1 aromatic carbocycles. The Labute approximate surface area is 149 Å². The number of ether oxygens (including phenoxy) is 2. The Morgan fingerprint density at radius 3 is 2.60 bits per heavy atom. The van der Waals surface area contributed by atoms with Gasteiger partial charge in [-0.3, -0.25) is 9.69 Å². The molecule has 2 fully saturated rings. The van der Waals surface area contributed by atoms with Gasteiger partial charge >= 0.3 is 0 Å². The van der Waals surface area contributed by atoms with Crippen LogP contribution in [0.3, 0.4) is 0 Å². The molecule has 6 heteroatoms. The van der Waals surface area contributed by atoms with Crippen molar-refractivity contribution in [1.29, 1.82) is 0 Å². The fourth-order valence-corrected chi connectivity index (χ4v) is 3.60. The van der Waals surface area contributed by atoms with Crippen LogP contribution in [0.25, 0.3) is 0 Å². The molecule has 3 rings (SSSR count). The average Bonchev–Trinajstić information content (AvgIpc) is 2.68. The maximum atomic E-state index is 12.8. The number of anilines is 1. The minimum absolute atomic E-state index is 0.00877. The minimum Gasteiger partial charge on any atom is -0.381 e. The van der Waals surface area contributed by atoms with E-state index in [4.69, 9.17) is 15.2 Å². The van der Waals surface area contributed by atoms with E-state index in [1.165, 1.54) is 5.56 Å². The molecule has 6 nitrogen and oxygen atoms in total. The molecule has 138 valence electrons. The molecule has 1 amide bonds. The molecule has 3 N–H and O–H groups in total. The number of hydrogen-bond acceptors (Lipinski definition) is 5. The number of nitrogens with two attached hydrogens (primary N) is 1. The number of hydrogen-bond donors (Lipinski definition) is 2. The maximum absolute atomic E-state index is 12.8. The summed E-state index contributed by atoms with van der Waals surface area (Å²) < 4.78 is 10.8. The van der Waals surface area contributed by atoms with Gasteiger partial charge in [0.1, 0.15) is 0 Å². The zero-order valence-corrected chi connectivity index (χ0v) is 15.0. The number of carbonyl (C=O) groups is 1. The molecule has 0 saturated carbocycles. The molecule has 0 aromatic heterocycles. The molecule has 25 heavy (non-hydrogen) atoms. The highest BCUT2D eigenvalue weighted by Gasteiger charge is 2.38. The second kappa shape index (κ2) is 8.27. The van der Waals surface area contributed by atoms with Crippen LogP contribution >= 0.6 is 0 Å². The number of rotatable bonds is 5. The summed E-state index contributed by atoms with van der Waals surface area (Å²) in [5, 5.41) is 3.08. The SMILES string of the molecule is CC(c1cccc(NC(=O)C2(CN)CCOCC2)c1)N1CCOCC1. The van der Waals surface area contributed by atoms with Crippen LogP contribution in [0.5, 0.6) is 0 Å². The van der Waals surface area contributed by atoms with E-state index in [1.54, 1.807) is 0 Å². The smallest absolute Gasteiger partial charge is 0.232 e. The van der Waals surface area contributed by atoms with Crippen molar-refractivity contribution in [2.45, 2.75) is 25.8 Å². The van der Waals surface area contributed by atoms with Gasteiger partial charge in [-0.05, 0) is 37.5 Å². The molecule has 2 heterocycles. The highest BCUT2D eigenvalue weighted by Crippen LogP contribution is 2.31. The number of nitrogens with zero attached hydrogens (tertiary/aromatic N) is 1. The Balaban J connectivity index is 1.69. The Morgan fingerprint density at radius 2 is 1.92 bits per heavy atom. The summed E-state index contributed by atoms with van der Waals surface area (Å²) in [6.07, 6.45) is 1.36. The quantitative estimate of drug-likeness (QED) is 0.849. The van der Waals surface area contributed by atoms with E-state index >= 15 is 0 Å². The number of nitrogens with one attached hydrogen (secondary N) is 1. The van der Waals surface area contributed by atoms with Crippen molar-refractivity contribution < 1.29 is 14.3 Å². The third kappa shape index (κ3) is 4.20. The summed E-state index contributed by atoms with van der Waals surface area (Å²) in [6.45, 7) is 7.18. The molecule has 0 aliphatic carbocycles. The van der Waals surface area contributed by atoms with Gasteiger partial charge in [0, 0.05) is 44.6 Å². The molecule has 2 aliphatic heterocycles. The van der Waals surface area contributed by atoms with Crippen LogP contribution in [0, 0.1) is 5.41 Å². The zero-order chi connectivity index (χ0) is 17.7. The molecular weight excluding hydrogens is 318 g/mol. The van der Waals surface area contributed by atoms with Gasteiger partial charge in [-0.25, -0.2) is 0 Å². The topological polar surface area (TPSA) is 76.8 Å². The average molecular weight is 347 g/mol. The first-order valence-corrected chi connectivity index (χ1v) is 9.16. The first kappa shape index (κ1) is 18.3. The van der Waals surface area contributed by atoms with E-state index in [0.717, 1.165) is 32.0 Å². The summed E-state index contributed by atoms with van der Waals surface area (Å²) in [5.74, 6) is 0.00877. The molecule has 2 saturated heterocycles. The fraction of sp³-hybridized carbons (Fsp3) is 0.632. The predicted octanol–water partition coefficient (Wildman–Crippen LogP) is 1.77. The molecule has 0 spiro atoms. The lowest BCUT2D eigenvalue weighted by Gasteiger charge is -2.35. The Bertz CT molecular complexity index is 581. The molecule has 1 unspecified atom stereocenters. The van der Waals surface area contributed by atoms with Crippen molar-refractivity contribution in [3.05, 3.63) is 29.8 Å². The van der Waals surface area contributed by atoms with Crippen molar-refractivity contribution in [1.82, 2.24) is 4.90 Å². The molecule has 2 aliphatic rings. The summed E-state index contributed by atoms with van der Waals surface area (Å²) in [5.41, 5.74) is 7.46. The van der Waals surface area contributed by atoms with Gasteiger partial charge in [0.15, 0.2) is 0 Å². The van der Waals surface area contributed by atoms with E-state index < -0.39 is 5.41 Å². The number of benzene rings is 1. The zero-order valence-electron chi connectivity index (χ0n) is 15.0. The molecule has 1 atom stereocenters. The first-order valence-electron chi connectivity index (χ1n) is 9.16. The summed E-state index contributed by atoms with van der Waals surface area (Å²) >= 11 is 0. The largest absolute Gasteiger partial charge is 0.381 e. The van der Waals surface area contributed by atoms with Crippen molar-refractivity contribution >= 4 is 11.6 Å². The van der Waals surface area contributed by atoms with E-state index in [-0.39, 0.29) is 5.91 Å². The number of carbonyl (C=O) groups excluding carboxylic acids is 1. The van der Waals surface area contributed by atoms with Crippen molar-refractivity contribution in [3.8, 4) is 0 Å². The Morgan fingerprint density at radius 1 is 1.24 bits per heavy atom. The van der Waals surface area contributed by atoms with Crippen LogP contribution in [0.2, 0.25) is 0 Å². The van der Waals surface area contributed by atoms with Gasteiger partial charge in [0.2, 0.25) is 5.91 Å². The molecular formula is C19H29N3O3. The predicted molar refractivity (Wildman–Crippen MR) is 97.4 cm³/mol. The van der Waals surface area contributed by atoms with Crippen LogP contribution in [-0.2, 0) is 14.3 Å². The van der Waals surface area contributed by atoms with Gasteiger partial charge in [-0.2, -0.15) is 0 Å². The fourth-order valence-electron chi connectivity index (χ4n) is 3.60. The highest BCUT2D eigenvalue weighted by molar-refractivity contribution is 5.95. The van der Waals surface area contributed by atoms with E-state index in [2.05, 4.69) is 29.3 Å². The van der Waals surface area contributed by atoms with Crippen molar-refractivity contribution in [2.24, 2.45) is 11.1 Å². The van der Waals surface area contributed by atoms with E-state index in [0.29, 0.717) is 38.6 Å². The first-order chi connectivity index (χ1) is 12.1. The third-order valence-corrected chi connectivity index (χ3v) is 5.54. The van der Waals surface area contributed by atoms with Crippen LogP contribution in [0.1, 0.15) is 31.4 Å². The van der Waals surface area contributed by atoms with Gasteiger partial charge in [-0.1, -0.05) is 12.1 Å². The molecule has 0 radical (unpaired) electrons. The molecule has 0 bridgehead atoms. The lowest BCUT2D eigenvalue weighted by molar-refractivity contribution is -0.130. The highest BCUT2D eigenvalue weighted by atomic mass is 16.5. The second-order valence-corrected chi connectivity index (χ2v) is 7.00. The van der Waals surface area contributed by atoms with Gasteiger partial charge < -0.3 is 20.5 Å². The Hall–Kier alpha value is -1.47. The van der Waals surface area contributed by atoms with Crippen LogP contribution in [-0.4, -0.2) is 56.9 Å². The van der Waals surface area contributed by atoms with Gasteiger partial charge in [-0.15, -0.1) is 0 Å². The van der Waals surface area contributed by atoms with E-state index in [9.17, 15) is 4.79 Å². The lowest BCUT2D eigenvalue weighted by Crippen LogP contribution is -2.46. The standard InChI is InChI=1S/C19H29N3O3/c1-15(22-7-11-25-12-8-22)16-3-2-4-17(13-16)21-18(23)19(14-20)5-9-24-10-6-19/h2-4,13,15H,5-12,14,20H2,1H3,(H,21,23). The summed E-state index contributed by atoms with van der Waals surface area (Å²) in [4.78, 5) is 15.2. The number of amides is 1. The summed E-state index contributed by atoms with van der Waals surface area (Å²) in [7, 11) is 0. The lowest BCUT2D eigenvalue weighted by atomic mass is 9.79. The van der Waals surface area contributed by atoms with Crippen molar-refractivity contribution in [3.63, 3.8) is 0 Å². The monoisotopic (exact) mass is 347 g/mol. The third-order valence-electron chi connectivity index (χ3n) is 5.54. The number of morpholine rings is 1. The van der Waals surface area contributed by atoms with Gasteiger partial charge in [0.25, 0.3) is 0 Å². The maximum Gasteiger partial charge on any atom is 0.232 e. The second-order valence-electron chi connectivity index (χ2n) is 7.00. The van der Waals surface area contributed by atoms with Crippen molar-refractivity contribution in [2.75, 3.05) is 51.4 Å². The van der Waals surface area contributed by atoms with Crippen LogP contribution in [0.4, 0.5) is 5.69 Å². The summed E-state index contributed by atoms with van der Waals surface area (Å²) in [6, 6.07) is 8.43. The van der Waals surface area contributed by atoms with E-state index in [1.807, 2.05) is 12.1 Å². The van der Waals surface area contributed by atoms with Crippen LogP contribution < -0.4 is 11.1 Å². The normalized spacial score (nSPS) is 22.3. The Kier molecular flexibility index (Phi) is 6.06. The van der Waals surface area contributed by atoms with Crippen LogP contribution in [0.15, 0.2) is 24.3 Å². The molecule has 1 aromatic rings. The van der Waals surface area contributed by atoms with Gasteiger partial charge in [0.05, 0.1) is 18.6 Å².